The smallest absolute Gasteiger partial charge is 0.237 e. The Labute approximate surface area is 197 Å². The van der Waals surface area contributed by atoms with E-state index in [9.17, 15) is 21.6 Å². The average molecular weight is 498 g/mol. The van der Waals surface area contributed by atoms with Gasteiger partial charge in [-0.05, 0) is 24.8 Å². The molecule has 1 saturated carbocycles. The zero-order valence-corrected chi connectivity index (χ0v) is 20.8. The van der Waals surface area contributed by atoms with Crippen molar-refractivity contribution in [3.63, 3.8) is 0 Å². The van der Waals surface area contributed by atoms with Crippen LogP contribution in [0.5, 0.6) is 0 Å². The van der Waals surface area contributed by atoms with E-state index in [0.29, 0.717) is 32.6 Å². The van der Waals surface area contributed by atoms with E-state index in [2.05, 4.69) is 0 Å². The minimum absolute atomic E-state index is 0.00964. The van der Waals surface area contributed by atoms with E-state index in [1.54, 1.807) is 0 Å². The van der Waals surface area contributed by atoms with Crippen molar-refractivity contribution in [3.8, 4) is 0 Å². The van der Waals surface area contributed by atoms with Crippen molar-refractivity contribution in [3.05, 3.63) is 35.9 Å². The summed E-state index contributed by atoms with van der Waals surface area (Å²) in [4.78, 5) is 17.3. The van der Waals surface area contributed by atoms with Crippen LogP contribution in [0, 0.1) is 0 Å². The predicted octanol–water partition coefficient (Wildman–Crippen LogP) is 1.48. The van der Waals surface area contributed by atoms with Gasteiger partial charge < -0.3 is 4.90 Å². The van der Waals surface area contributed by atoms with E-state index in [0.717, 1.165) is 31.2 Å². The third-order valence-electron chi connectivity index (χ3n) is 7.13. The Morgan fingerprint density at radius 3 is 2.21 bits per heavy atom. The van der Waals surface area contributed by atoms with Crippen LogP contribution in [0.1, 0.15) is 44.1 Å². The quantitative estimate of drug-likeness (QED) is 0.566. The number of carbonyl (C=O) groups is 1. The van der Waals surface area contributed by atoms with Gasteiger partial charge in [0.05, 0.1) is 23.8 Å². The molecule has 2 saturated heterocycles. The third-order valence-corrected chi connectivity index (χ3v) is 10.7. The molecule has 0 unspecified atom stereocenters. The fraction of sp³-hybridized carbons (Fsp3) is 0.696. The van der Waals surface area contributed by atoms with Crippen molar-refractivity contribution >= 4 is 25.8 Å². The van der Waals surface area contributed by atoms with E-state index >= 15 is 0 Å². The molecule has 0 aromatic heterocycles. The first kappa shape index (κ1) is 24.6. The lowest BCUT2D eigenvalue weighted by atomic mass is 9.92. The first-order valence-corrected chi connectivity index (χ1v) is 15.4. The molecule has 1 amide bonds. The topological polar surface area (TPSA) is 95.1 Å². The number of hydrogen-bond acceptors (Lipinski definition) is 6. The number of amides is 1. The van der Waals surface area contributed by atoms with Crippen LogP contribution in [0.15, 0.2) is 30.3 Å². The van der Waals surface area contributed by atoms with E-state index in [1.165, 1.54) is 10.7 Å². The zero-order valence-electron chi connectivity index (χ0n) is 19.1. The molecule has 4 rings (SSSR count). The number of carbonyl (C=O) groups excluding carboxylic acids is 1. The van der Waals surface area contributed by atoms with Crippen LogP contribution in [0.4, 0.5) is 0 Å². The lowest BCUT2D eigenvalue weighted by molar-refractivity contribution is -0.138. The minimum Gasteiger partial charge on any atom is -0.335 e. The molecule has 184 valence electrons. The van der Waals surface area contributed by atoms with E-state index < -0.39 is 19.9 Å². The van der Waals surface area contributed by atoms with Gasteiger partial charge in [-0.2, -0.15) is 4.31 Å². The molecule has 2 heterocycles. The second-order valence-corrected chi connectivity index (χ2v) is 13.8. The second kappa shape index (κ2) is 10.4. The van der Waals surface area contributed by atoms with Gasteiger partial charge in [0.25, 0.3) is 0 Å². The predicted molar refractivity (Wildman–Crippen MR) is 128 cm³/mol. The highest BCUT2D eigenvalue weighted by Gasteiger charge is 2.39. The molecule has 0 N–H and O–H groups in total. The van der Waals surface area contributed by atoms with Crippen molar-refractivity contribution in [2.24, 2.45) is 0 Å². The summed E-state index contributed by atoms with van der Waals surface area (Å²) >= 11 is 0. The van der Waals surface area contributed by atoms with Gasteiger partial charge in [0.15, 0.2) is 9.84 Å². The molecule has 0 radical (unpaired) electrons. The second-order valence-electron chi connectivity index (χ2n) is 9.57. The maximum atomic E-state index is 13.4. The first-order chi connectivity index (χ1) is 15.7. The highest BCUT2D eigenvalue weighted by Crippen LogP contribution is 2.28. The SMILES string of the molecule is O=C(CN1CCN(S(=O)(=O)Cc2ccccc2)CC1)N(C1CCCCC1)[C@H]1CCS(=O)(=O)C1. The third kappa shape index (κ3) is 6.35. The lowest BCUT2D eigenvalue weighted by Gasteiger charge is -2.40. The van der Waals surface area contributed by atoms with Crippen LogP contribution in [-0.4, -0.2) is 93.2 Å². The lowest BCUT2D eigenvalue weighted by Crippen LogP contribution is -2.55. The Balaban J connectivity index is 1.35. The number of sulfone groups is 1. The van der Waals surface area contributed by atoms with Crippen molar-refractivity contribution in [1.82, 2.24) is 14.1 Å². The van der Waals surface area contributed by atoms with Crippen LogP contribution in [0.25, 0.3) is 0 Å². The molecule has 1 aromatic rings. The van der Waals surface area contributed by atoms with Gasteiger partial charge in [0.1, 0.15) is 0 Å². The Bertz CT molecular complexity index is 1020. The summed E-state index contributed by atoms with van der Waals surface area (Å²) in [5, 5.41) is 0. The molecule has 0 spiro atoms. The summed E-state index contributed by atoms with van der Waals surface area (Å²) in [5.74, 6) is 0.204. The molecule has 8 nitrogen and oxygen atoms in total. The number of sulfonamides is 1. The molecular weight excluding hydrogens is 462 g/mol. The fourth-order valence-corrected chi connectivity index (χ4v) is 8.60. The highest BCUT2D eigenvalue weighted by atomic mass is 32.2. The Kier molecular flexibility index (Phi) is 7.77. The Hall–Kier alpha value is -1.49. The van der Waals surface area contributed by atoms with Gasteiger partial charge >= 0.3 is 0 Å². The molecule has 1 aromatic carbocycles. The number of piperazine rings is 1. The molecule has 3 fully saturated rings. The first-order valence-electron chi connectivity index (χ1n) is 12.0. The normalized spacial score (nSPS) is 25.2. The number of hydrogen-bond donors (Lipinski definition) is 0. The number of nitrogens with zero attached hydrogens (tertiary/aromatic N) is 3. The van der Waals surface area contributed by atoms with Gasteiger partial charge in [-0.1, -0.05) is 49.6 Å². The maximum Gasteiger partial charge on any atom is 0.237 e. The van der Waals surface area contributed by atoms with Crippen LogP contribution in [-0.2, 0) is 30.4 Å². The summed E-state index contributed by atoms with van der Waals surface area (Å²) in [5.41, 5.74) is 0.768. The van der Waals surface area contributed by atoms with Gasteiger partial charge in [-0.3, -0.25) is 9.69 Å². The fourth-order valence-electron chi connectivity index (χ4n) is 5.37. The molecule has 2 aliphatic heterocycles. The monoisotopic (exact) mass is 497 g/mol. The minimum atomic E-state index is -3.40. The van der Waals surface area contributed by atoms with Crippen LogP contribution >= 0.6 is 0 Å². The van der Waals surface area contributed by atoms with Crippen LogP contribution < -0.4 is 0 Å². The average Bonchev–Trinajstić information content (AvgIpc) is 3.14. The summed E-state index contributed by atoms with van der Waals surface area (Å²) in [6.45, 7) is 1.95. The molecule has 3 aliphatic rings. The Morgan fingerprint density at radius 2 is 1.61 bits per heavy atom. The summed E-state index contributed by atoms with van der Waals surface area (Å²) in [6, 6.07) is 9.06. The number of benzene rings is 1. The summed E-state index contributed by atoms with van der Waals surface area (Å²) in [7, 11) is -6.48. The molecule has 10 heteroatoms. The molecule has 1 atom stereocenters. The largest absolute Gasteiger partial charge is 0.335 e. The molecule has 0 bridgehead atoms. The van der Waals surface area contributed by atoms with Crippen molar-refractivity contribution in [1.29, 1.82) is 0 Å². The van der Waals surface area contributed by atoms with Gasteiger partial charge in [0.2, 0.25) is 15.9 Å². The van der Waals surface area contributed by atoms with Gasteiger partial charge in [-0.15, -0.1) is 0 Å². The Morgan fingerprint density at radius 1 is 0.939 bits per heavy atom. The van der Waals surface area contributed by atoms with E-state index in [-0.39, 0.29) is 41.8 Å². The maximum absolute atomic E-state index is 13.4. The van der Waals surface area contributed by atoms with Crippen molar-refractivity contribution < 1.29 is 21.6 Å². The summed E-state index contributed by atoms with van der Waals surface area (Å²) < 4.78 is 51.3. The molecular formula is C23H35N3O5S2. The van der Waals surface area contributed by atoms with Crippen molar-refractivity contribution in [2.75, 3.05) is 44.2 Å². The summed E-state index contributed by atoms with van der Waals surface area (Å²) in [6.07, 6.45) is 5.72. The number of rotatable bonds is 7. The van der Waals surface area contributed by atoms with Gasteiger partial charge in [0, 0.05) is 38.3 Å². The van der Waals surface area contributed by atoms with Crippen LogP contribution in [0.2, 0.25) is 0 Å². The van der Waals surface area contributed by atoms with Crippen LogP contribution in [0.3, 0.4) is 0 Å². The van der Waals surface area contributed by atoms with Crippen molar-refractivity contribution in [2.45, 2.75) is 56.4 Å². The molecule has 1 aliphatic carbocycles. The van der Waals surface area contributed by atoms with E-state index in [4.69, 9.17) is 0 Å². The standard InChI is InChI=1S/C23H35N3O5S2/c27-23(26(21-9-5-2-6-10-21)22-11-16-32(28,29)19-22)17-24-12-14-25(15-13-24)33(30,31)18-20-7-3-1-4-8-20/h1,3-4,7-8,21-22H,2,5-6,9-19H2/t22-/m0/s1. The zero-order chi connectivity index (χ0) is 23.5. The highest BCUT2D eigenvalue weighted by molar-refractivity contribution is 7.91. The van der Waals surface area contributed by atoms with Gasteiger partial charge in [-0.25, -0.2) is 16.8 Å². The van der Waals surface area contributed by atoms with E-state index in [1.807, 2.05) is 40.1 Å². The molecule has 33 heavy (non-hydrogen) atoms.